The zero-order chi connectivity index (χ0) is 14.7. The minimum Gasteiger partial charge on any atom is -0.497 e. The fraction of sp³-hybridized carbons (Fsp3) is 0.250. The lowest BCUT2D eigenvalue weighted by Crippen LogP contribution is -2.19. The van der Waals surface area contributed by atoms with Crippen molar-refractivity contribution in [1.82, 2.24) is 5.32 Å². The van der Waals surface area contributed by atoms with Crippen LogP contribution in [0, 0.1) is 18.6 Å². The Morgan fingerprint density at radius 3 is 2.50 bits per heavy atom. The zero-order valence-corrected chi connectivity index (χ0v) is 11.7. The average Bonchev–Trinajstić information content (AvgIpc) is 2.45. The maximum absolute atomic E-state index is 14.0. The molecule has 2 nitrogen and oxygen atoms in total. The Bertz CT molecular complexity index is 613. The van der Waals surface area contributed by atoms with Crippen molar-refractivity contribution in [1.29, 1.82) is 0 Å². The second-order valence-electron chi connectivity index (χ2n) is 4.62. The van der Waals surface area contributed by atoms with Crippen LogP contribution in [0.5, 0.6) is 5.75 Å². The molecule has 20 heavy (non-hydrogen) atoms. The standard InChI is InChI=1S/C16H17F2NO/c1-10-7-13(15(18)9-14(10)17)16(19-2)11-5-4-6-12(8-11)20-3/h4-9,16,19H,1-3H3. The molecular formula is C16H17F2NO. The van der Waals surface area contributed by atoms with Gasteiger partial charge in [0.2, 0.25) is 0 Å². The molecule has 106 valence electrons. The molecule has 0 amide bonds. The van der Waals surface area contributed by atoms with E-state index in [1.54, 1.807) is 21.1 Å². The Hall–Kier alpha value is -1.94. The Kier molecular flexibility index (Phi) is 4.35. The summed E-state index contributed by atoms with van der Waals surface area (Å²) in [6, 6.07) is 9.47. The SMILES string of the molecule is CNC(c1cccc(OC)c1)c1cc(C)c(F)cc1F. The highest BCUT2D eigenvalue weighted by Gasteiger charge is 2.18. The van der Waals surface area contributed by atoms with E-state index >= 15 is 0 Å². The third-order valence-electron chi connectivity index (χ3n) is 3.30. The first kappa shape index (κ1) is 14.5. The predicted octanol–water partition coefficient (Wildman–Crippen LogP) is 3.59. The molecule has 4 heteroatoms. The molecule has 2 aromatic rings. The highest BCUT2D eigenvalue weighted by Crippen LogP contribution is 2.28. The molecule has 2 rings (SSSR count). The van der Waals surface area contributed by atoms with Gasteiger partial charge in [0.05, 0.1) is 13.2 Å². The number of hydrogen-bond acceptors (Lipinski definition) is 2. The van der Waals surface area contributed by atoms with Crippen LogP contribution in [0.1, 0.15) is 22.7 Å². The van der Waals surface area contributed by atoms with Crippen molar-refractivity contribution in [2.24, 2.45) is 0 Å². The van der Waals surface area contributed by atoms with Crippen molar-refractivity contribution in [3.63, 3.8) is 0 Å². The van der Waals surface area contributed by atoms with Gasteiger partial charge in [-0.2, -0.15) is 0 Å². The lowest BCUT2D eigenvalue weighted by molar-refractivity contribution is 0.413. The summed E-state index contributed by atoms with van der Waals surface area (Å²) in [5.74, 6) is -0.399. The molecule has 0 spiro atoms. The van der Waals surface area contributed by atoms with Crippen molar-refractivity contribution < 1.29 is 13.5 Å². The molecule has 0 aromatic heterocycles. The summed E-state index contributed by atoms with van der Waals surface area (Å²) in [7, 11) is 3.32. The van der Waals surface area contributed by atoms with Gasteiger partial charge in [0, 0.05) is 11.6 Å². The van der Waals surface area contributed by atoms with Gasteiger partial charge in [-0.05, 0) is 43.3 Å². The molecule has 0 aliphatic rings. The molecule has 0 aliphatic carbocycles. The minimum absolute atomic E-state index is 0.357. The number of aryl methyl sites for hydroxylation is 1. The van der Waals surface area contributed by atoms with E-state index in [1.165, 1.54) is 6.07 Å². The van der Waals surface area contributed by atoms with E-state index in [2.05, 4.69) is 5.32 Å². The summed E-state index contributed by atoms with van der Waals surface area (Å²) in [6.45, 7) is 1.62. The third kappa shape index (κ3) is 2.80. The first-order chi connectivity index (χ1) is 9.56. The van der Waals surface area contributed by atoms with Crippen LogP contribution in [0.2, 0.25) is 0 Å². The van der Waals surface area contributed by atoms with Crippen LogP contribution in [0.3, 0.4) is 0 Å². The number of ether oxygens (including phenoxy) is 1. The molecule has 1 N–H and O–H groups in total. The number of halogens is 2. The van der Waals surface area contributed by atoms with Crippen LogP contribution in [0.4, 0.5) is 8.78 Å². The van der Waals surface area contributed by atoms with Gasteiger partial charge < -0.3 is 10.1 Å². The largest absolute Gasteiger partial charge is 0.497 e. The molecule has 0 saturated carbocycles. The van der Waals surface area contributed by atoms with E-state index in [4.69, 9.17) is 4.74 Å². The molecule has 1 atom stereocenters. The molecule has 0 bridgehead atoms. The maximum atomic E-state index is 14.0. The van der Waals surface area contributed by atoms with Crippen LogP contribution >= 0.6 is 0 Å². The Morgan fingerprint density at radius 1 is 1.10 bits per heavy atom. The molecule has 0 aliphatic heterocycles. The number of rotatable bonds is 4. The number of hydrogen-bond donors (Lipinski definition) is 1. The first-order valence-corrected chi connectivity index (χ1v) is 6.33. The van der Waals surface area contributed by atoms with Crippen molar-refractivity contribution in [2.75, 3.05) is 14.2 Å². The Morgan fingerprint density at radius 2 is 1.85 bits per heavy atom. The van der Waals surface area contributed by atoms with Gasteiger partial charge in [0.15, 0.2) is 0 Å². The summed E-state index contributed by atoms with van der Waals surface area (Å²) >= 11 is 0. The van der Waals surface area contributed by atoms with E-state index in [1.807, 2.05) is 24.3 Å². The lowest BCUT2D eigenvalue weighted by atomic mass is 9.96. The van der Waals surface area contributed by atoms with E-state index < -0.39 is 11.6 Å². The predicted molar refractivity (Wildman–Crippen MR) is 75.0 cm³/mol. The fourth-order valence-corrected chi connectivity index (χ4v) is 2.22. The van der Waals surface area contributed by atoms with Crippen LogP contribution in [-0.2, 0) is 0 Å². The molecular weight excluding hydrogens is 260 g/mol. The summed E-state index contributed by atoms with van der Waals surface area (Å²) in [5, 5.41) is 3.06. The van der Waals surface area contributed by atoms with Gasteiger partial charge in [0.1, 0.15) is 17.4 Å². The summed E-state index contributed by atoms with van der Waals surface area (Å²) in [4.78, 5) is 0. The second kappa shape index (κ2) is 6.01. The fourth-order valence-electron chi connectivity index (χ4n) is 2.22. The van der Waals surface area contributed by atoms with Gasteiger partial charge in [-0.15, -0.1) is 0 Å². The second-order valence-corrected chi connectivity index (χ2v) is 4.62. The topological polar surface area (TPSA) is 21.3 Å². The normalized spacial score (nSPS) is 12.2. The number of nitrogens with one attached hydrogen (secondary N) is 1. The molecule has 0 fully saturated rings. The van der Waals surface area contributed by atoms with Crippen LogP contribution < -0.4 is 10.1 Å². The summed E-state index contributed by atoms with van der Waals surface area (Å²) in [6.07, 6.45) is 0. The minimum atomic E-state index is -0.560. The van der Waals surface area contributed by atoms with E-state index in [0.717, 1.165) is 11.6 Å². The zero-order valence-electron chi connectivity index (χ0n) is 11.7. The Balaban J connectivity index is 2.49. The van der Waals surface area contributed by atoms with Crippen molar-refractivity contribution in [2.45, 2.75) is 13.0 Å². The molecule has 0 heterocycles. The van der Waals surface area contributed by atoms with Crippen LogP contribution in [0.15, 0.2) is 36.4 Å². The van der Waals surface area contributed by atoms with Crippen molar-refractivity contribution in [3.8, 4) is 5.75 Å². The molecule has 0 radical (unpaired) electrons. The highest BCUT2D eigenvalue weighted by molar-refractivity contribution is 5.38. The van der Waals surface area contributed by atoms with Gasteiger partial charge in [-0.25, -0.2) is 8.78 Å². The monoisotopic (exact) mass is 277 g/mol. The first-order valence-electron chi connectivity index (χ1n) is 6.33. The van der Waals surface area contributed by atoms with Gasteiger partial charge in [-0.3, -0.25) is 0 Å². The van der Waals surface area contributed by atoms with Crippen LogP contribution in [0.25, 0.3) is 0 Å². The van der Waals surface area contributed by atoms with Gasteiger partial charge >= 0.3 is 0 Å². The van der Waals surface area contributed by atoms with Gasteiger partial charge in [-0.1, -0.05) is 12.1 Å². The number of methoxy groups -OCH3 is 1. The summed E-state index contributed by atoms with van der Waals surface area (Å²) in [5.41, 5.74) is 1.70. The molecule has 2 aromatic carbocycles. The Labute approximate surface area is 117 Å². The summed E-state index contributed by atoms with van der Waals surface area (Å²) < 4.78 is 32.6. The van der Waals surface area contributed by atoms with E-state index in [9.17, 15) is 8.78 Å². The van der Waals surface area contributed by atoms with Crippen LogP contribution in [-0.4, -0.2) is 14.2 Å². The maximum Gasteiger partial charge on any atom is 0.131 e. The number of benzene rings is 2. The molecule has 0 saturated heterocycles. The highest BCUT2D eigenvalue weighted by atomic mass is 19.1. The van der Waals surface area contributed by atoms with E-state index in [-0.39, 0.29) is 6.04 Å². The van der Waals surface area contributed by atoms with Crippen molar-refractivity contribution >= 4 is 0 Å². The quantitative estimate of drug-likeness (QED) is 0.922. The average molecular weight is 277 g/mol. The third-order valence-corrected chi connectivity index (χ3v) is 3.30. The lowest BCUT2D eigenvalue weighted by Gasteiger charge is -2.19. The van der Waals surface area contributed by atoms with Gasteiger partial charge in [0.25, 0.3) is 0 Å². The molecule has 1 unspecified atom stereocenters. The van der Waals surface area contributed by atoms with E-state index in [0.29, 0.717) is 16.9 Å². The van der Waals surface area contributed by atoms with Crippen molar-refractivity contribution in [3.05, 3.63) is 64.7 Å². The smallest absolute Gasteiger partial charge is 0.131 e.